The highest BCUT2D eigenvalue weighted by molar-refractivity contribution is 5.84. The van der Waals surface area contributed by atoms with Crippen LogP contribution in [0, 0.1) is 0 Å². The van der Waals surface area contributed by atoms with Gasteiger partial charge < -0.3 is 20.5 Å². The summed E-state index contributed by atoms with van der Waals surface area (Å²) in [5.74, 6) is -0.360. The lowest BCUT2D eigenvalue weighted by Crippen LogP contribution is -2.52. The molecule has 0 aromatic heterocycles. The van der Waals surface area contributed by atoms with Crippen LogP contribution < -0.4 is 11.1 Å². The Morgan fingerprint density at radius 2 is 1.81 bits per heavy atom. The van der Waals surface area contributed by atoms with Gasteiger partial charge in [-0.3, -0.25) is 4.79 Å². The van der Waals surface area contributed by atoms with Crippen LogP contribution in [0.5, 0.6) is 0 Å². The van der Waals surface area contributed by atoms with Crippen LogP contribution >= 0.6 is 0 Å². The van der Waals surface area contributed by atoms with Crippen molar-refractivity contribution in [3.63, 3.8) is 0 Å². The molecule has 1 unspecified atom stereocenters. The maximum Gasteiger partial charge on any atom is 0.237 e. The summed E-state index contributed by atoms with van der Waals surface area (Å²) < 4.78 is 10.6. The van der Waals surface area contributed by atoms with Gasteiger partial charge in [-0.1, -0.05) is 6.92 Å². The van der Waals surface area contributed by atoms with Gasteiger partial charge in [-0.25, -0.2) is 0 Å². The van der Waals surface area contributed by atoms with Crippen LogP contribution in [0.1, 0.15) is 26.7 Å². The molecule has 0 saturated carbocycles. The third kappa shape index (κ3) is 6.05. The Morgan fingerprint density at radius 1 is 1.25 bits per heavy atom. The van der Waals surface area contributed by atoms with Gasteiger partial charge in [0.15, 0.2) is 0 Å². The fraction of sp³-hybridized carbons (Fsp3) is 0.909. The van der Waals surface area contributed by atoms with Crippen LogP contribution in [0.3, 0.4) is 0 Å². The van der Waals surface area contributed by atoms with E-state index >= 15 is 0 Å². The molecule has 0 aliphatic carbocycles. The van der Waals surface area contributed by atoms with Gasteiger partial charge in [0.05, 0.1) is 18.8 Å². The molecule has 1 atom stereocenters. The number of nitrogens with one attached hydrogen (secondary N) is 1. The number of hydrogen-bond acceptors (Lipinski definition) is 4. The minimum Gasteiger partial charge on any atom is -0.379 e. The fourth-order valence-electron chi connectivity index (χ4n) is 1.11. The first-order valence-corrected chi connectivity index (χ1v) is 5.71. The van der Waals surface area contributed by atoms with Gasteiger partial charge in [0.25, 0.3) is 0 Å². The van der Waals surface area contributed by atoms with Crippen LogP contribution in [-0.2, 0) is 14.3 Å². The van der Waals surface area contributed by atoms with Crippen LogP contribution in [0.25, 0.3) is 0 Å². The van der Waals surface area contributed by atoms with E-state index < -0.39 is 5.54 Å². The van der Waals surface area contributed by atoms with Gasteiger partial charge in [0.1, 0.15) is 0 Å². The van der Waals surface area contributed by atoms with Crippen molar-refractivity contribution < 1.29 is 14.3 Å². The minimum absolute atomic E-state index is 0.360. The first kappa shape index (κ1) is 15.3. The maximum atomic E-state index is 11.1. The topological polar surface area (TPSA) is 73.6 Å². The zero-order chi connectivity index (χ0) is 12.4. The van der Waals surface area contributed by atoms with E-state index in [4.69, 9.17) is 15.2 Å². The Bertz CT molecular complexity index is 200. The first-order chi connectivity index (χ1) is 7.56. The van der Waals surface area contributed by atoms with Gasteiger partial charge in [-0.15, -0.1) is 0 Å². The number of carbonyl (C=O) groups excluding carboxylic acids is 1. The molecule has 96 valence electrons. The molecule has 0 aliphatic rings. The SMILES string of the molecule is CCCOCCOCCC(C)(NC)C(N)=O. The summed E-state index contributed by atoms with van der Waals surface area (Å²) in [6.45, 7) is 6.24. The van der Waals surface area contributed by atoms with Crippen molar-refractivity contribution in [1.82, 2.24) is 5.32 Å². The lowest BCUT2D eigenvalue weighted by molar-refractivity contribution is -0.124. The second-order valence-electron chi connectivity index (χ2n) is 3.92. The highest BCUT2D eigenvalue weighted by atomic mass is 16.5. The molecule has 0 saturated heterocycles. The Kier molecular flexibility index (Phi) is 8.15. The third-order valence-electron chi connectivity index (χ3n) is 2.56. The van der Waals surface area contributed by atoms with Crippen molar-refractivity contribution in [2.75, 3.05) is 33.5 Å². The lowest BCUT2D eigenvalue weighted by Gasteiger charge is -2.25. The number of amides is 1. The Hall–Kier alpha value is -0.650. The van der Waals surface area contributed by atoms with E-state index in [0.29, 0.717) is 26.2 Å². The minimum atomic E-state index is -0.690. The zero-order valence-corrected chi connectivity index (χ0v) is 10.5. The summed E-state index contributed by atoms with van der Waals surface area (Å²) >= 11 is 0. The number of primary amides is 1. The predicted octanol–water partition coefficient (Wildman–Crippen LogP) is 0.283. The molecular formula is C11H24N2O3. The monoisotopic (exact) mass is 232 g/mol. The lowest BCUT2D eigenvalue weighted by atomic mass is 9.98. The van der Waals surface area contributed by atoms with E-state index in [2.05, 4.69) is 12.2 Å². The summed E-state index contributed by atoms with van der Waals surface area (Å²) in [7, 11) is 1.72. The molecule has 0 spiro atoms. The smallest absolute Gasteiger partial charge is 0.237 e. The first-order valence-electron chi connectivity index (χ1n) is 5.71. The molecule has 0 aromatic rings. The van der Waals surface area contributed by atoms with Crippen molar-refractivity contribution in [2.24, 2.45) is 5.73 Å². The van der Waals surface area contributed by atoms with E-state index in [0.717, 1.165) is 13.0 Å². The molecule has 16 heavy (non-hydrogen) atoms. The molecule has 1 amide bonds. The van der Waals surface area contributed by atoms with Crippen molar-refractivity contribution in [3.05, 3.63) is 0 Å². The van der Waals surface area contributed by atoms with Crippen molar-refractivity contribution in [1.29, 1.82) is 0 Å². The molecule has 0 fully saturated rings. The second kappa shape index (κ2) is 8.50. The number of ether oxygens (including phenoxy) is 2. The van der Waals surface area contributed by atoms with Gasteiger partial charge in [0.2, 0.25) is 5.91 Å². The quantitative estimate of drug-likeness (QED) is 0.531. The Morgan fingerprint density at radius 3 is 2.25 bits per heavy atom. The average molecular weight is 232 g/mol. The highest BCUT2D eigenvalue weighted by Gasteiger charge is 2.28. The molecule has 3 N–H and O–H groups in total. The standard InChI is InChI=1S/C11H24N2O3/c1-4-6-15-8-9-16-7-5-11(2,13-3)10(12)14/h13H,4-9H2,1-3H3,(H2,12,14). The van der Waals surface area contributed by atoms with Gasteiger partial charge in [0, 0.05) is 13.2 Å². The molecular weight excluding hydrogens is 208 g/mol. The fourth-order valence-corrected chi connectivity index (χ4v) is 1.11. The Labute approximate surface area is 97.7 Å². The number of nitrogens with two attached hydrogens (primary N) is 1. The number of carbonyl (C=O) groups is 1. The maximum absolute atomic E-state index is 11.1. The summed E-state index contributed by atoms with van der Waals surface area (Å²) in [5, 5.41) is 2.90. The summed E-state index contributed by atoms with van der Waals surface area (Å²) in [6, 6.07) is 0. The molecule has 0 rings (SSSR count). The second-order valence-corrected chi connectivity index (χ2v) is 3.92. The van der Waals surface area contributed by atoms with Crippen LogP contribution in [-0.4, -0.2) is 44.9 Å². The molecule has 5 nitrogen and oxygen atoms in total. The Balaban J connectivity index is 3.53. The zero-order valence-electron chi connectivity index (χ0n) is 10.5. The molecule has 0 aromatic carbocycles. The van der Waals surface area contributed by atoms with Crippen molar-refractivity contribution in [3.8, 4) is 0 Å². The molecule has 0 aliphatic heterocycles. The van der Waals surface area contributed by atoms with E-state index in [1.807, 2.05) is 0 Å². The van der Waals surface area contributed by atoms with Gasteiger partial charge in [-0.05, 0) is 26.8 Å². The van der Waals surface area contributed by atoms with E-state index in [9.17, 15) is 4.79 Å². The van der Waals surface area contributed by atoms with E-state index in [1.165, 1.54) is 0 Å². The third-order valence-corrected chi connectivity index (χ3v) is 2.56. The van der Waals surface area contributed by atoms with Crippen molar-refractivity contribution >= 4 is 5.91 Å². The molecule has 5 heteroatoms. The highest BCUT2D eigenvalue weighted by Crippen LogP contribution is 2.07. The molecule has 0 bridgehead atoms. The summed E-state index contributed by atoms with van der Waals surface area (Å²) in [6.07, 6.45) is 1.58. The van der Waals surface area contributed by atoms with Gasteiger partial charge >= 0.3 is 0 Å². The molecule has 0 heterocycles. The number of hydrogen-bond donors (Lipinski definition) is 2. The molecule has 0 radical (unpaired) electrons. The summed E-state index contributed by atoms with van der Waals surface area (Å²) in [4.78, 5) is 11.1. The van der Waals surface area contributed by atoms with Gasteiger partial charge in [-0.2, -0.15) is 0 Å². The average Bonchev–Trinajstić information content (AvgIpc) is 2.27. The van der Waals surface area contributed by atoms with Crippen LogP contribution in [0.4, 0.5) is 0 Å². The number of likely N-dealkylation sites (N-methyl/N-ethyl adjacent to an activating group) is 1. The largest absolute Gasteiger partial charge is 0.379 e. The van der Waals surface area contributed by atoms with Crippen molar-refractivity contribution in [2.45, 2.75) is 32.2 Å². The van der Waals surface area contributed by atoms with E-state index in [1.54, 1.807) is 14.0 Å². The number of rotatable bonds is 10. The summed E-state index contributed by atoms with van der Waals surface area (Å²) in [5.41, 5.74) is 4.59. The van der Waals surface area contributed by atoms with E-state index in [-0.39, 0.29) is 5.91 Å². The van der Waals surface area contributed by atoms with Crippen LogP contribution in [0.15, 0.2) is 0 Å². The normalized spacial score (nSPS) is 14.7. The predicted molar refractivity (Wildman–Crippen MR) is 63.2 cm³/mol. The van der Waals surface area contributed by atoms with Crippen LogP contribution in [0.2, 0.25) is 0 Å².